The molecule has 144 valence electrons. The van der Waals surface area contributed by atoms with Crippen molar-refractivity contribution in [1.82, 2.24) is 5.32 Å². The molecule has 2 aromatic rings. The lowest BCUT2D eigenvalue weighted by Crippen LogP contribution is -2.23. The van der Waals surface area contributed by atoms with Crippen molar-refractivity contribution in [2.45, 2.75) is 33.1 Å². The molecule has 0 fully saturated rings. The van der Waals surface area contributed by atoms with E-state index in [2.05, 4.69) is 40.4 Å². The van der Waals surface area contributed by atoms with E-state index in [0.29, 0.717) is 29.5 Å². The van der Waals surface area contributed by atoms with Crippen LogP contribution in [0.25, 0.3) is 0 Å². The molecule has 5 nitrogen and oxygen atoms in total. The van der Waals surface area contributed by atoms with E-state index in [0.717, 1.165) is 10.9 Å². The van der Waals surface area contributed by atoms with Crippen LogP contribution in [0.5, 0.6) is 5.75 Å². The lowest BCUT2D eigenvalue weighted by Gasteiger charge is -2.13. The highest BCUT2D eigenvalue weighted by molar-refractivity contribution is 9.10. The molecule has 0 aliphatic rings. The van der Waals surface area contributed by atoms with Crippen molar-refractivity contribution in [3.63, 3.8) is 0 Å². The maximum Gasteiger partial charge on any atom is 0.262 e. The van der Waals surface area contributed by atoms with Crippen molar-refractivity contribution in [2.75, 3.05) is 18.5 Å². The summed E-state index contributed by atoms with van der Waals surface area (Å²) in [5, 5.41) is 5.49. The Morgan fingerprint density at radius 3 is 2.41 bits per heavy atom. The lowest BCUT2D eigenvalue weighted by atomic mass is 9.99. The van der Waals surface area contributed by atoms with Gasteiger partial charge in [0.25, 0.3) is 11.8 Å². The molecule has 0 aromatic heterocycles. The quantitative estimate of drug-likeness (QED) is 0.633. The van der Waals surface area contributed by atoms with E-state index >= 15 is 0 Å². The van der Waals surface area contributed by atoms with Gasteiger partial charge in [0.2, 0.25) is 0 Å². The number of carbonyl (C=O) groups excluding carboxylic acids is 2. The van der Waals surface area contributed by atoms with Crippen LogP contribution in [0.1, 0.15) is 49.0 Å². The predicted octanol–water partition coefficient (Wildman–Crippen LogP) is 4.73. The van der Waals surface area contributed by atoms with Gasteiger partial charge in [-0.05, 0) is 77.2 Å². The van der Waals surface area contributed by atoms with Crippen LogP contribution in [0.3, 0.4) is 0 Å². The van der Waals surface area contributed by atoms with Gasteiger partial charge >= 0.3 is 0 Å². The van der Waals surface area contributed by atoms with Gasteiger partial charge in [-0.3, -0.25) is 9.59 Å². The fraction of sp³-hybridized carbons (Fsp3) is 0.333. The third kappa shape index (κ3) is 6.10. The minimum atomic E-state index is -0.265. The summed E-state index contributed by atoms with van der Waals surface area (Å²) in [4.78, 5) is 23.8. The molecule has 2 N–H and O–H groups in total. The first kappa shape index (κ1) is 21.0. The molecule has 0 aliphatic carbocycles. The van der Waals surface area contributed by atoms with E-state index in [-0.39, 0.29) is 18.4 Å². The molecule has 2 amide bonds. The number of benzene rings is 2. The minimum absolute atomic E-state index is 0.0979. The Kier molecular flexibility index (Phi) is 7.85. The SMILES string of the molecule is CCNC(=O)c1ccc(NC(=O)COc2ccc(C(C)CC)cc2Br)cc1. The second kappa shape index (κ2) is 10.1. The van der Waals surface area contributed by atoms with Crippen LogP contribution in [0.15, 0.2) is 46.9 Å². The number of hydrogen-bond acceptors (Lipinski definition) is 3. The van der Waals surface area contributed by atoms with E-state index in [1.165, 1.54) is 5.56 Å². The normalized spacial score (nSPS) is 11.6. The molecule has 6 heteroatoms. The third-order valence-corrected chi connectivity index (χ3v) is 4.88. The highest BCUT2D eigenvalue weighted by Gasteiger charge is 2.10. The van der Waals surface area contributed by atoms with Crippen molar-refractivity contribution in [3.8, 4) is 5.75 Å². The molecular formula is C21H25BrN2O3. The fourth-order valence-electron chi connectivity index (χ4n) is 2.48. The molecule has 0 bridgehead atoms. The second-order valence-corrected chi connectivity index (χ2v) is 7.13. The van der Waals surface area contributed by atoms with Crippen molar-refractivity contribution in [2.24, 2.45) is 0 Å². The largest absolute Gasteiger partial charge is 0.483 e. The van der Waals surface area contributed by atoms with Crippen LogP contribution < -0.4 is 15.4 Å². The third-order valence-electron chi connectivity index (χ3n) is 4.26. The van der Waals surface area contributed by atoms with Crippen LogP contribution in [0.2, 0.25) is 0 Å². The second-order valence-electron chi connectivity index (χ2n) is 6.27. The number of ether oxygens (including phenoxy) is 1. The Bertz CT molecular complexity index is 791. The summed E-state index contributed by atoms with van der Waals surface area (Å²) < 4.78 is 6.44. The highest BCUT2D eigenvalue weighted by atomic mass is 79.9. The molecule has 0 saturated heterocycles. The van der Waals surface area contributed by atoms with E-state index in [1.807, 2.05) is 25.1 Å². The van der Waals surface area contributed by atoms with Crippen LogP contribution in [-0.2, 0) is 4.79 Å². The molecule has 0 spiro atoms. The smallest absolute Gasteiger partial charge is 0.262 e. The number of carbonyl (C=O) groups is 2. The van der Waals surface area contributed by atoms with Gasteiger partial charge in [0.05, 0.1) is 4.47 Å². The van der Waals surface area contributed by atoms with Gasteiger partial charge in [-0.2, -0.15) is 0 Å². The molecule has 1 unspecified atom stereocenters. The van der Waals surface area contributed by atoms with Gasteiger partial charge in [0, 0.05) is 17.8 Å². The Morgan fingerprint density at radius 1 is 1.11 bits per heavy atom. The van der Waals surface area contributed by atoms with Crippen LogP contribution >= 0.6 is 15.9 Å². The minimum Gasteiger partial charge on any atom is -0.483 e. The fourth-order valence-corrected chi connectivity index (χ4v) is 3.00. The average molecular weight is 433 g/mol. The van der Waals surface area contributed by atoms with Gasteiger partial charge in [-0.1, -0.05) is 19.9 Å². The molecule has 0 saturated carbocycles. The Balaban J connectivity index is 1.90. The summed E-state index contributed by atoms with van der Waals surface area (Å²) in [5.74, 6) is 0.702. The first-order valence-corrected chi connectivity index (χ1v) is 9.84. The maximum absolute atomic E-state index is 12.1. The Morgan fingerprint density at radius 2 is 1.81 bits per heavy atom. The number of halogens is 1. The van der Waals surface area contributed by atoms with Gasteiger partial charge < -0.3 is 15.4 Å². The van der Waals surface area contributed by atoms with E-state index in [9.17, 15) is 9.59 Å². The molecule has 27 heavy (non-hydrogen) atoms. The summed E-state index contributed by atoms with van der Waals surface area (Å²) in [7, 11) is 0. The molecule has 2 rings (SSSR count). The first-order chi connectivity index (χ1) is 12.9. The van der Waals surface area contributed by atoms with Crippen LogP contribution in [0.4, 0.5) is 5.69 Å². The summed E-state index contributed by atoms with van der Waals surface area (Å²) in [5.41, 5.74) is 2.40. The number of rotatable bonds is 8. The molecule has 2 aromatic carbocycles. The van der Waals surface area contributed by atoms with E-state index < -0.39 is 0 Å². The summed E-state index contributed by atoms with van der Waals surface area (Å²) in [6, 6.07) is 12.7. The molecule has 0 heterocycles. The zero-order chi connectivity index (χ0) is 19.8. The van der Waals surface area contributed by atoms with Gasteiger partial charge in [-0.25, -0.2) is 0 Å². The first-order valence-electron chi connectivity index (χ1n) is 9.05. The molecular weight excluding hydrogens is 408 g/mol. The van der Waals surface area contributed by atoms with Gasteiger partial charge in [0.1, 0.15) is 5.75 Å². The summed E-state index contributed by atoms with van der Waals surface area (Å²) in [6.45, 7) is 6.66. The molecule has 0 aliphatic heterocycles. The van der Waals surface area contributed by atoms with Crippen molar-refractivity contribution in [3.05, 3.63) is 58.1 Å². The number of amides is 2. The Labute approximate surface area is 168 Å². The standard InChI is InChI=1S/C21H25BrN2O3/c1-4-14(3)16-8-11-19(18(22)12-16)27-13-20(25)24-17-9-6-15(7-10-17)21(26)23-5-2/h6-12,14H,4-5,13H2,1-3H3,(H,23,26)(H,24,25). The van der Waals surface area contributed by atoms with Gasteiger partial charge in [0.15, 0.2) is 6.61 Å². The predicted molar refractivity (Wildman–Crippen MR) is 111 cm³/mol. The zero-order valence-electron chi connectivity index (χ0n) is 15.8. The van der Waals surface area contributed by atoms with E-state index in [1.54, 1.807) is 24.3 Å². The molecule has 0 radical (unpaired) electrons. The topological polar surface area (TPSA) is 67.4 Å². The van der Waals surface area contributed by atoms with Gasteiger partial charge in [-0.15, -0.1) is 0 Å². The van der Waals surface area contributed by atoms with E-state index in [4.69, 9.17) is 4.74 Å². The number of anilines is 1. The van der Waals surface area contributed by atoms with Crippen molar-refractivity contribution < 1.29 is 14.3 Å². The monoisotopic (exact) mass is 432 g/mol. The highest BCUT2D eigenvalue weighted by Crippen LogP contribution is 2.30. The summed E-state index contributed by atoms with van der Waals surface area (Å²) in [6.07, 6.45) is 1.06. The number of nitrogens with one attached hydrogen (secondary N) is 2. The van der Waals surface area contributed by atoms with Crippen molar-refractivity contribution in [1.29, 1.82) is 0 Å². The average Bonchev–Trinajstić information content (AvgIpc) is 2.67. The molecule has 1 atom stereocenters. The van der Waals surface area contributed by atoms with Crippen LogP contribution in [-0.4, -0.2) is 25.0 Å². The lowest BCUT2D eigenvalue weighted by molar-refractivity contribution is -0.118. The zero-order valence-corrected chi connectivity index (χ0v) is 17.4. The number of hydrogen-bond donors (Lipinski definition) is 2. The maximum atomic E-state index is 12.1. The summed E-state index contributed by atoms with van der Waals surface area (Å²) >= 11 is 3.50. The Hall–Kier alpha value is -2.34. The van der Waals surface area contributed by atoms with Crippen LogP contribution in [0, 0.1) is 0 Å². The van der Waals surface area contributed by atoms with Crippen molar-refractivity contribution >= 4 is 33.4 Å².